The molecule has 5 nitrogen and oxygen atoms in total. The molecule has 0 bridgehead atoms. The minimum atomic E-state index is -0.558. The van der Waals surface area contributed by atoms with Crippen molar-refractivity contribution in [2.75, 3.05) is 0 Å². The molecule has 5 heteroatoms. The highest BCUT2D eigenvalue weighted by Gasteiger charge is 2.21. The van der Waals surface area contributed by atoms with E-state index >= 15 is 0 Å². The molecule has 3 N–H and O–H groups in total. The molecule has 1 aliphatic heterocycles. The number of carbonyl (C=O) groups excluding carboxylic acids is 2. The molecule has 0 fully saturated rings. The smallest absolute Gasteiger partial charge is 0.246 e. The zero-order valence-corrected chi connectivity index (χ0v) is 14.7. The summed E-state index contributed by atoms with van der Waals surface area (Å²) in [7, 11) is 0. The Kier molecular flexibility index (Phi) is 6.15. The second-order valence-electron chi connectivity index (χ2n) is 6.86. The normalized spacial score (nSPS) is 16.3. The molecule has 1 aliphatic rings. The fourth-order valence-corrected chi connectivity index (χ4v) is 2.80. The molecule has 1 aromatic rings. The molecule has 130 valence electrons. The van der Waals surface area contributed by atoms with E-state index < -0.39 is 6.04 Å². The Labute approximate surface area is 143 Å². The van der Waals surface area contributed by atoms with E-state index in [9.17, 15) is 9.59 Å². The number of rotatable bonds is 6. The monoisotopic (exact) mass is 329 g/mol. The maximum atomic E-state index is 12.4. The summed E-state index contributed by atoms with van der Waals surface area (Å²) in [4.78, 5) is 26.1. The Morgan fingerprint density at radius 3 is 2.29 bits per heavy atom. The number of nitrogens with zero attached hydrogens (tertiary/aromatic N) is 1. The molecule has 1 aromatic carbocycles. The Morgan fingerprint density at radius 1 is 1.21 bits per heavy atom. The number of amides is 2. The molecule has 0 saturated carbocycles. The Bertz CT molecular complexity index is 598. The molecular weight excluding hydrogens is 302 g/mol. The molecule has 0 saturated heterocycles. The van der Waals surface area contributed by atoms with Gasteiger partial charge in [-0.05, 0) is 30.4 Å². The Balaban J connectivity index is 1.98. The molecule has 2 rings (SSSR count). The SMILES string of the molecule is CC(C)CC(C=CC(=O)N1Cc2ccccc2C1)NC(=O)C(C)N. The topological polar surface area (TPSA) is 75.4 Å². The first-order valence-corrected chi connectivity index (χ1v) is 8.46. The van der Waals surface area contributed by atoms with Gasteiger partial charge in [-0.2, -0.15) is 0 Å². The van der Waals surface area contributed by atoms with Crippen LogP contribution in [0.15, 0.2) is 36.4 Å². The molecule has 0 aromatic heterocycles. The number of nitrogens with one attached hydrogen (secondary N) is 1. The van der Waals surface area contributed by atoms with Crippen molar-refractivity contribution in [3.8, 4) is 0 Å². The van der Waals surface area contributed by atoms with Gasteiger partial charge in [-0.1, -0.05) is 44.2 Å². The quantitative estimate of drug-likeness (QED) is 0.784. The fraction of sp³-hybridized carbons (Fsp3) is 0.474. The molecule has 0 radical (unpaired) electrons. The van der Waals surface area contributed by atoms with Crippen molar-refractivity contribution in [2.45, 2.75) is 52.4 Å². The summed E-state index contributed by atoms with van der Waals surface area (Å²) in [5, 5.41) is 2.89. The lowest BCUT2D eigenvalue weighted by Crippen LogP contribution is -2.43. The lowest BCUT2D eigenvalue weighted by Gasteiger charge is -2.19. The summed E-state index contributed by atoms with van der Waals surface area (Å²) in [5.41, 5.74) is 8.00. The van der Waals surface area contributed by atoms with E-state index in [2.05, 4.69) is 31.3 Å². The van der Waals surface area contributed by atoms with Crippen molar-refractivity contribution in [1.82, 2.24) is 10.2 Å². The Hall–Kier alpha value is -2.14. The third-order valence-electron chi connectivity index (χ3n) is 4.09. The fourth-order valence-electron chi connectivity index (χ4n) is 2.80. The first-order chi connectivity index (χ1) is 11.4. The van der Waals surface area contributed by atoms with Crippen LogP contribution in [0.3, 0.4) is 0 Å². The van der Waals surface area contributed by atoms with Crippen molar-refractivity contribution in [1.29, 1.82) is 0 Å². The molecule has 2 amide bonds. The number of benzene rings is 1. The minimum absolute atomic E-state index is 0.0324. The second-order valence-corrected chi connectivity index (χ2v) is 6.86. The maximum absolute atomic E-state index is 12.4. The van der Waals surface area contributed by atoms with Crippen LogP contribution in [0.1, 0.15) is 38.3 Å². The van der Waals surface area contributed by atoms with Crippen LogP contribution in [0.4, 0.5) is 0 Å². The first-order valence-electron chi connectivity index (χ1n) is 8.46. The lowest BCUT2D eigenvalue weighted by molar-refractivity contribution is -0.126. The van der Waals surface area contributed by atoms with Crippen LogP contribution in [-0.4, -0.2) is 28.8 Å². The molecule has 2 unspecified atom stereocenters. The molecule has 0 aliphatic carbocycles. The van der Waals surface area contributed by atoms with Gasteiger partial charge in [0.05, 0.1) is 6.04 Å². The van der Waals surface area contributed by atoms with Crippen LogP contribution in [0.25, 0.3) is 0 Å². The van der Waals surface area contributed by atoms with Crippen molar-refractivity contribution in [2.24, 2.45) is 11.7 Å². The first kappa shape index (κ1) is 18.2. The largest absolute Gasteiger partial charge is 0.349 e. The van der Waals surface area contributed by atoms with E-state index in [1.165, 1.54) is 11.1 Å². The summed E-state index contributed by atoms with van der Waals surface area (Å²) in [6, 6.07) is 7.35. The summed E-state index contributed by atoms with van der Waals surface area (Å²) in [6.07, 6.45) is 4.12. The van der Waals surface area contributed by atoms with Gasteiger partial charge in [0.25, 0.3) is 0 Å². The zero-order chi connectivity index (χ0) is 17.7. The summed E-state index contributed by atoms with van der Waals surface area (Å²) in [5.74, 6) is 0.167. The van der Waals surface area contributed by atoms with Gasteiger partial charge in [-0.3, -0.25) is 9.59 Å². The standard InChI is InChI=1S/C19H27N3O2/c1-13(2)10-17(21-19(24)14(3)20)8-9-18(23)22-11-15-6-4-5-7-16(15)12-22/h4-9,13-14,17H,10-12,20H2,1-3H3,(H,21,24). The van der Waals surface area contributed by atoms with Crippen LogP contribution in [0.2, 0.25) is 0 Å². The van der Waals surface area contributed by atoms with Crippen LogP contribution >= 0.6 is 0 Å². The summed E-state index contributed by atoms with van der Waals surface area (Å²) in [6.45, 7) is 7.09. The van der Waals surface area contributed by atoms with Gasteiger partial charge in [-0.25, -0.2) is 0 Å². The highest BCUT2D eigenvalue weighted by Crippen LogP contribution is 2.22. The second kappa shape index (κ2) is 8.11. The van der Waals surface area contributed by atoms with Gasteiger partial charge in [0.1, 0.15) is 0 Å². The van der Waals surface area contributed by atoms with Crippen LogP contribution in [-0.2, 0) is 22.7 Å². The van der Waals surface area contributed by atoms with Crippen LogP contribution in [0, 0.1) is 5.92 Å². The number of fused-ring (bicyclic) bond motifs is 1. The third-order valence-corrected chi connectivity index (χ3v) is 4.09. The highest BCUT2D eigenvalue weighted by molar-refractivity contribution is 5.88. The van der Waals surface area contributed by atoms with Crippen molar-refractivity contribution in [3.63, 3.8) is 0 Å². The van der Waals surface area contributed by atoms with Gasteiger partial charge < -0.3 is 16.0 Å². The average Bonchev–Trinajstić information content (AvgIpc) is 2.95. The number of hydrogen-bond donors (Lipinski definition) is 2. The average molecular weight is 329 g/mol. The van der Waals surface area contributed by atoms with Gasteiger partial charge in [-0.15, -0.1) is 0 Å². The van der Waals surface area contributed by atoms with E-state index in [4.69, 9.17) is 5.73 Å². The van der Waals surface area contributed by atoms with Gasteiger partial charge in [0.15, 0.2) is 0 Å². The summed E-state index contributed by atoms with van der Waals surface area (Å²) >= 11 is 0. The van der Waals surface area contributed by atoms with Gasteiger partial charge >= 0.3 is 0 Å². The van der Waals surface area contributed by atoms with Crippen molar-refractivity contribution < 1.29 is 9.59 Å². The van der Waals surface area contributed by atoms with Crippen LogP contribution < -0.4 is 11.1 Å². The molecular formula is C19H27N3O2. The van der Waals surface area contributed by atoms with E-state index in [0.717, 1.165) is 6.42 Å². The predicted molar refractivity (Wildman–Crippen MR) is 94.9 cm³/mol. The van der Waals surface area contributed by atoms with E-state index in [-0.39, 0.29) is 17.9 Å². The molecule has 0 spiro atoms. The maximum Gasteiger partial charge on any atom is 0.246 e. The summed E-state index contributed by atoms with van der Waals surface area (Å²) < 4.78 is 0. The predicted octanol–water partition coefficient (Wildman–Crippen LogP) is 1.96. The van der Waals surface area contributed by atoms with E-state index in [0.29, 0.717) is 19.0 Å². The van der Waals surface area contributed by atoms with E-state index in [1.807, 2.05) is 12.1 Å². The minimum Gasteiger partial charge on any atom is -0.349 e. The zero-order valence-electron chi connectivity index (χ0n) is 14.7. The molecule has 1 heterocycles. The number of carbonyl (C=O) groups is 2. The number of nitrogens with two attached hydrogens (primary N) is 1. The number of hydrogen-bond acceptors (Lipinski definition) is 3. The third kappa shape index (κ3) is 4.93. The van der Waals surface area contributed by atoms with E-state index in [1.54, 1.807) is 24.0 Å². The van der Waals surface area contributed by atoms with Gasteiger partial charge in [0.2, 0.25) is 11.8 Å². The van der Waals surface area contributed by atoms with Gasteiger partial charge in [0, 0.05) is 25.2 Å². The van der Waals surface area contributed by atoms with Crippen LogP contribution in [0.5, 0.6) is 0 Å². The van der Waals surface area contributed by atoms with Crippen molar-refractivity contribution in [3.05, 3.63) is 47.5 Å². The van der Waals surface area contributed by atoms with Crippen molar-refractivity contribution >= 4 is 11.8 Å². The molecule has 2 atom stereocenters. The Morgan fingerprint density at radius 2 is 1.79 bits per heavy atom. The highest BCUT2D eigenvalue weighted by atomic mass is 16.2. The molecule has 24 heavy (non-hydrogen) atoms. The lowest BCUT2D eigenvalue weighted by atomic mass is 10.0.